The van der Waals surface area contributed by atoms with E-state index in [1.165, 1.54) is 0 Å². The molecule has 3 aliphatic rings. The summed E-state index contributed by atoms with van der Waals surface area (Å²) in [5.74, 6) is -1.43. The van der Waals surface area contributed by atoms with Crippen molar-refractivity contribution in [2.75, 3.05) is 36.1 Å². The van der Waals surface area contributed by atoms with Gasteiger partial charge in [-0.2, -0.15) is 0 Å². The van der Waals surface area contributed by atoms with Crippen molar-refractivity contribution in [2.45, 2.75) is 56.2 Å². The summed E-state index contributed by atoms with van der Waals surface area (Å²) < 4.78 is 4.75. The lowest BCUT2D eigenvalue weighted by Crippen LogP contribution is -2.58. The van der Waals surface area contributed by atoms with Crippen LogP contribution in [0.5, 0.6) is 5.75 Å². The van der Waals surface area contributed by atoms with Gasteiger partial charge in [0.2, 0.25) is 11.8 Å². The summed E-state index contributed by atoms with van der Waals surface area (Å²) in [7, 11) is 0. The van der Waals surface area contributed by atoms with Gasteiger partial charge in [0.05, 0.1) is 35.8 Å². The Labute approximate surface area is 299 Å². The lowest BCUT2D eigenvalue weighted by atomic mass is 9.65. The highest BCUT2D eigenvalue weighted by atomic mass is 32.2. The van der Waals surface area contributed by atoms with Gasteiger partial charge in [-0.15, -0.1) is 24.9 Å². The largest absolute Gasteiger partial charge is 0.494 e. The van der Waals surface area contributed by atoms with Crippen molar-refractivity contribution < 1.29 is 24.2 Å². The number of likely N-dealkylation sites (tertiary alicyclic amines) is 1. The van der Waals surface area contributed by atoms with Gasteiger partial charge in [0.25, 0.3) is 5.91 Å². The monoisotopic (exact) mass is 693 g/mol. The maximum atomic E-state index is 15.4. The molecule has 3 saturated heterocycles. The third kappa shape index (κ3) is 5.74. The van der Waals surface area contributed by atoms with E-state index in [2.05, 4.69) is 20.1 Å². The molecule has 3 amide bonds. The van der Waals surface area contributed by atoms with E-state index < -0.39 is 28.7 Å². The van der Waals surface area contributed by atoms with Crippen LogP contribution in [-0.2, 0) is 14.4 Å². The van der Waals surface area contributed by atoms with Gasteiger partial charge in [0, 0.05) is 29.7 Å². The van der Waals surface area contributed by atoms with Crippen molar-refractivity contribution in [3.05, 3.63) is 115 Å². The number of aliphatic hydroxyl groups excluding tert-OH is 1. The third-order valence-corrected chi connectivity index (χ3v) is 12.8. The number of para-hydroxylation sites is 1. The van der Waals surface area contributed by atoms with E-state index in [1.54, 1.807) is 38.6 Å². The Morgan fingerprint density at radius 1 is 0.980 bits per heavy atom. The fourth-order valence-electron chi connectivity index (χ4n) is 8.71. The van der Waals surface area contributed by atoms with Crippen molar-refractivity contribution in [3.63, 3.8) is 0 Å². The molecule has 3 heterocycles. The molecule has 262 valence electrons. The van der Waals surface area contributed by atoms with E-state index >= 15 is 9.59 Å². The summed E-state index contributed by atoms with van der Waals surface area (Å²) in [6, 6.07) is 21.0. The van der Waals surface area contributed by atoms with Crippen LogP contribution in [0.2, 0.25) is 0 Å². The molecular formula is C41H47N3O5S. The van der Waals surface area contributed by atoms with Crippen LogP contribution >= 0.6 is 11.8 Å². The van der Waals surface area contributed by atoms with Crippen molar-refractivity contribution in [2.24, 2.45) is 17.8 Å². The standard InChI is InChI=1S/C41H47N3O5S/c1-7-22-42(30-18-20-31(21-19-30)49-9-3)38(46)34-33-24-28(6)41(50-33)35(34)39(47)44(32(25-45)29-16-11-10-12-17-29)37(41)40(48)43(23-8-2)36-26(4)14-13-15-27(36)5/h7-8,10-21,28,32-35,37,45H,1-2,9,22-25H2,3-6H3/t28?,32-,33+,34-,35+,37?,41?/m1/s1. The molecule has 3 unspecified atom stereocenters. The molecule has 6 rings (SSSR count). The quantitative estimate of drug-likeness (QED) is 0.206. The predicted octanol–water partition coefficient (Wildman–Crippen LogP) is 6.51. The molecular weight excluding hydrogens is 647 g/mol. The fraction of sp³-hybridized carbons (Fsp3) is 0.390. The van der Waals surface area contributed by atoms with Crippen molar-refractivity contribution in [1.82, 2.24) is 4.90 Å². The molecule has 50 heavy (non-hydrogen) atoms. The van der Waals surface area contributed by atoms with Gasteiger partial charge in [-0.05, 0) is 74.1 Å². The molecule has 0 radical (unpaired) electrons. The van der Waals surface area contributed by atoms with Crippen LogP contribution in [0, 0.1) is 31.6 Å². The highest BCUT2D eigenvalue weighted by molar-refractivity contribution is 8.02. The molecule has 3 aromatic carbocycles. The number of thioether (sulfide) groups is 1. The molecule has 3 fully saturated rings. The minimum Gasteiger partial charge on any atom is -0.494 e. The first-order valence-electron chi connectivity index (χ1n) is 17.4. The highest BCUT2D eigenvalue weighted by Gasteiger charge is 2.77. The van der Waals surface area contributed by atoms with E-state index in [-0.39, 0.29) is 48.6 Å². The second-order valence-electron chi connectivity index (χ2n) is 13.5. The average Bonchev–Trinajstić information content (AvgIpc) is 3.71. The van der Waals surface area contributed by atoms with Crippen molar-refractivity contribution in [1.29, 1.82) is 0 Å². The number of aliphatic hydroxyl groups is 1. The number of fused-ring (bicyclic) bond motifs is 1. The smallest absolute Gasteiger partial charge is 0.251 e. The molecule has 0 saturated carbocycles. The van der Waals surface area contributed by atoms with E-state index in [4.69, 9.17) is 4.74 Å². The third-order valence-electron chi connectivity index (χ3n) is 10.7. The second-order valence-corrected chi connectivity index (χ2v) is 15.1. The Morgan fingerprint density at radius 3 is 2.22 bits per heavy atom. The van der Waals surface area contributed by atoms with Gasteiger partial charge in [-0.3, -0.25) is 14.4 Å². The Bertz CT molecular complexity index is 1740. The zero-order valence-corrected chi connectivity index (χ0v) is 30.1. The number of aryl methyl sites for hydroxylation is 2. The van der Waals surface area contributed by atoms with Crippen LogP contribution < -0.4 is 14.5 Å². The number of hydrogen-bond acceptors (Lipinski definition) is 6. The van der Waals surface area contributed by atoms with Gasteiger partial charge in [0.1, 0.15) is 11.8 Å². The number of rotatable bonds is 13. The molecule has 7 atom stereocenters. The number of amides is 3. The van der Waals surface area contributed by atoms with Gasteiger partial charge >= 0.3 is 0 Å². The highest BCUT2D eigenvalue weighted by Crippen LogP contribution is 2.69. The van der Waals surface area contributed by atoms with E-state index in [1.807, 2.05) is 93.6 Å². The SMILES string of the molecule is C=CCN(C(=O)[C@@H]1[C@@H]2CC(C)C3(S2)C(C(=O)N(CC=C)c2c(C)cccc2C)N([C@H](CO)c2ccccc2)C(=O)[C@H]13)c1ccc(OCC)cc1. The molecule has 3 aromatic rings. The summed E-state index contributed by atoms with van der Waals surface area (Å²) in [6.07, 6.45) is 4.09. The van der Waals surface area contributed by atoms with Gasteiger partial charge in [0.15, 0.2) is 0 Å². The number of ether oxygens (including phenoxy) is 1. The first-order valence-corrected chi connectivity index (χ1v) is 18.3. The molecule has 1 N–H and O–H groups in total. The molecule has 9 heteroatoms. The van der Waals surface area contributed by atoms with Crippen LogP contribution in [-0.4, -0.2) is 70.1 Å². The molecule has 2 bridgehead atoms. The minimum atomic E-state index is -0.933. The van der Waals surface area contributed by atoms with E-state index in [9.17, 15) is 9.90 Å². The first-order chi connectivity index (χ1) is 24.1. The van der Waals surface area contributed by atoms with Gasteiger partial charge in [-0.1, -0.05) is 67.6 Å². The number of anilines is 2. The number of carbonyl (C=O) groups excluding carboxylic acids is 3. The van der Waals surface area contributed by atoms with Crippen LogP contribution in [0.1, 0.15) is 43.0 Å². The van der Waals surface area contributed by atoms with E-state index in [0.717, 1.165) is 22.4 Å². The summed E-state index contributed by atoms with van der Waals surface area (Å²) in [4.78, 5) is 50.6. The molecule has 0 aliphatic carbocycles. The maximum Gasteiger partial charge on any atom is 0.251 e. The fourth-order valence-corrected chi connectivity index (χ4v) is 11.1. The minimum absolute atomic E-state index is 0.0496. The summed E-state index contributed by atoms with van der Waals surface area (Å²) in [5.41, 5.74) is 4.08. The number of benzene rings is 3. The number of nitrogens with zero attached hydrogens (tertiary/aromatic N) is 3. The number of hydrogen-bond donors (Lipinski definition) is 1. The normalized spacial score (nSPS) is 25.6. The van der Waals surface area contributed by atoms with E-state index in [0.29, 0.717) is 24.5 Å². The van der Waals surface area contributed by atoms with Gasteiger partial charge < -0.3 is 24.5 Å². The van der Waals surface area contributed by atoms with Crippen molar-refractivity contribution >= 4 is 40.9 Å². The summed E-state index contributed by atoms with van der Waals surface area (Å²) in [5, 5.41) is 10.8. The topological polar surface area (TPSA) is 90.4 Å². The Balaban J connectivity index is 1.49. The average molecular weight is 694 g/mol. The first kappa shape index (κ1) is 35.5. The molecule has 1 spiro atoms. The van der Waals surface area contributed by atoms with Crippen LogP contribution in [0.15, 0.2) is 98.1 Å². The molecule has 0 aromatic heterocycles. The number of carbonyl (C=O) groups is 3. The Kier molecular flexibility index (Phi) is 10.3. The Hall–Kier alpha value is -4.34. The molecule has 3 aliphatic heterocycles. The second kappa shape index (κ2) is 14.5. The summed E-state index contributed by atoms with van der Waals surface area (Å²) in [6.45, 7) is 16.6. The van der Waals surface area contributed by atoms with Crippen LogP contribution in [0.3, 0.4) is 0 Å². The zero-order chi connectivity index (χ0) is 35.7. The zero-order valence-electron chi connectivity index (χ0n) is 29.3. The maximum absolute atomic E-state index is 15.4. The van der Waals surface area contributed by atoms with Crippen LogP contribution in [0.4, 0.5) is 11.4 Å². The van der Waals surface area contributed by atoms with Crippen molar-refractivity contribution in [3.8, 4) is 5.75 Å². The lowest BCUT2D eigenvalue weighted by molar-refractivity contribution is -0.142. The predicted molar refractivity (Wildman–Crippen MR) is 200 cm³/mol. The lowest BCUT2D eigenvalue weighted by Gasteiger charge is -2.42. The molecule has 8 nitrogen and oxygen atoms in total. The summed E-state index contributed by atoms with van der Waals surface area (Å²) >= 11 is 1.63. The van der Waals surface area contributed by atoms with Gasteiger partial charge in [-0.25, -0.2) is 0 Å². The Morgan fingerprint density at radius 2 is 1.62 bits per heavy atom. The van der Waals surface area contributed by atoms with Crippen LogP contribution in [0.25, 0.3) is 0 Å².